The highest BCUT2D eigenvalue weighted by atomic mass is 79.9. The van der Waals surface area contributed by atoms with Crippen LogP contribution in [-0.4, -0.2) is 9.91 Å². The summed E-state index contributed by atoms with van der Waals surface area (Å²) in [6.45, 7) is 0. The van der Waals surface area contributed by atoms with Crippen LogP contribution >= 0.6 is 27.5 Å². The molecule has 15 heavy (non-hydrogen) atoms. The van der Waals surface area contributed by atoms with Crippen LogP contribution in [0.2, 0.25) is 5.15 Å². The molecule has 4 nitrogen and oxygen atoms in total. The molecule has 76 valence electrons. The summed E-state index contributed by atoms with van der Waals surface area (Å²) in [4.78, 5) is 14.0. The Morgan fingerprint density at radius 2 is 2.13 bits per heavy atom. The molecule has 0 aliphatic rings. The minimum Gasteiger partial charge on any atom is -0.258 e. The number of hydrogen-bond acceptors (Lipinski definition) is 3. The summed E-state index contributed by atoms with van der Waals surface area (Å²) in [5.74, 6) is 0. The van der Waals surface area contributed by atoms with Gasteiger partial charge < -0.3 is 0 Å². The van der Waals surface area contributed by atoms with Gasteiger partial charge in [-0.25, -0.2) is 4.98 Å². The van der Waals surface area contributed by atoms with Crippen molar-refractivity contribution < 1.29 is 4.92 Å². The van der Waals surface area contributed by atoms with E-state index in [4.69, 9.17) is 11.6 Å². The fourth-order valence-electron chi connectivity index (χ4n) is 1.24. The third kappa shape index (κ3) is 1.93. The Labute approximate surface area is 98.2 Å². The Kier molecular flexibility index (Phi) is 2.58. The van der Waals surface area contributed by atoms with Crippen LogP contribution in [0.5, 0.6) is 0 Å². The second kappa shape index (κ2) is 3.75. The van der Waals surface area contributed by atoms with Crippen molar-refractivity contribution in [3.05, 3.63) is 44.0 Å². The van der Waals surface area contributed by atoms with Crippen molar-refractivity contribution >= 4 is 44.1 Å². The van der Waals surface area contributed by atoms with Gasteiger partial charge in [0.05, 0.1) is 10.4 Å². The molecule has 0 aliphatic carbocycles. The third-order valence-corrected chi connectivity index (χ3v) is 2.68. The van der Waals surface area contributed by atoms with E-state index in [2.05, 4.69) is 20.9 Å². The predicted molar refractivity (Wildman–Crippen MR) is 61.1 cm³/mol. The Bertz CT molecular complexity index is 559. The van der Waals surface area contributed by atoms with Gasteiger partial charge >= 0.3 is 5.69 Å². The molecule has 2 aromatic rings. The van der Waals surface area contributed by atoms with E-state index in [-0.39, 0.29) is 10.8 Å². The number of pyridine rings is 1. The van der Waals surface area contributed by atoms with Crippen LogP contribution in [0.4, 0.5) is 5.69 Å². The highest BCUT2D eigenvalue weighted by Crippen LogP contribution is 2.28. The van der Waals surface area contributed by atoms with Crippen molar-refractivity contribution in [3.63, 3.8) is 0 Å². The molecule has 0 bridgehead atoms. The molecule has 0 amide bonds. The molecule has 0 saturated carbocycles. The second-order valence-electron chi connectivity index (χ2n) is 2.89. The Morgan fingerprint density at radius 3 is 2.80 bits per heavy atom. The molecule has 0 radical (unpaired) electrons. The van der Waals surface area contributed by atoms with Crippen LogP contribution < -0.4 is 0 Å². The largest absolute Gasteiger partial charge is 0.307 e. The molecule has 0 aliphatic heterocycles. The molecule has 0 saturated heterocycles. The predicted octanol–water partition coefficient (Wildman–Crippen LogP) is 3.56. The van der Waals surface area contributed by atoms with Gasteiger partial charge in [-0.2, -0.15) is 0 Å². The van der Waals surface area contributed by atoms with E-state index in [1.54, 1.807) is 18.2 Å². The fourth-order valence-corrected chi connectivity index (χ4v) is 1.83. The summed E-state index contributed by atoms with van der Waals surface area (Å²) >= 11 is 8.96. The van der Waals surface area contributed by atoms with Crippen LogP contribution in [0.3, 0.4) is 0 Å². The number of benzene rings is 1. The average Bonchev–Trinajstić information content (AvgIpc) is 2.17. The maximum absolute atomic E-state index is 10.6. The van der Waals surface area contributed by atoms with E-state index in [9.17, 15) is 10.1 Å². The van der Waals surface area contributed by atoms with Gasteiger partial charge in [0.1, 0.15) is 0 Å². The van der Waals surface area contributed by atoms with Crippen molar-refractivity contribution in [2.45, 2.75) is 0 Å². The zero-order valence-electron chi connectivity index (χ0n) is 7.28. The summed E-state index contributed by atoms with van der Waals surface area (Å²) in [5.41, 5.74) is 0.455. The van der Waals surface area contributed by atoms with Crippen molar-refractivity contribution in [3.8, 4) is 0 Å². The summed E-state index contributed by atoms with van der Waals surface area (Å²) < 4.78 is 0.841. The normalized spacial score (nSPS) is 10.5. The van der Waals surface area contributed by atoms with E-state index in [1.165, 1.54) is 6.07 Å². The Morgan fingerprint density at radius 1 is 1.40 bits per heavy atom. The first-order chi connectivity index (χ1) is 7.08. The average molecular weight is 288 g/mol. The monoisotopic (exact) mass is 286 g/mol. The molecule has 1 aromatic carbocycles. The van der Waals surface area contributed by atoms with Crippen molar-refractivity contribution in [1.29, 1.82) is 0 Å². The quantitative estimate of drug-likeness (QED) is 0.458. The molecule has 0 atom stereocenters. The topological polar surface area (TPSA) is 56.0 Å². The number of fused-ring (bicyclic) bond motifs is 1. The first-order valence-electron chi connectivity index (χ1n) is 3.98. The van der Waals surface area contributed by atoms with Crippen LogP contribution in [0.25, 0.3) is 10.9 Å². The molecule has 1 heterocycles. The van der Waals surface area contributed by atoms with Gasteiger partial charge in [0.15, 0.2) is 0 Å². The second-order valence-corrected chi connectivity index (χ2v) is 4.17. The maximum Gasteiger partial charge on any atom is 0.307 e. The van der Waals surface area contributed by atoms with E-state index in [0.29, 0.717) is 10.9 Å². The van der Waals surface area contributed by atoms with Gasteiger partial charge in [0.2, 0.25) is 5.15 Å². The highest BCUT2D eigenvalue weighted by Gasteiger charge is 2.14. The van der Waals surface area contributed by atoms with E-state index in [1.807, 2.05) is 0 Å². The van der Waals surface area contributed by atoms with Crippen molar-refractivity contribution in [2.24, 2.45) is 0 Å². The molecular weight excluding hydrogens is 283 g/mol. The number of rotatable bonds is 1. The summed E-state index contributed by atoms with van der Waals surface area (Å²) in [6, 6.07) is 6.72. The van der Waals surface area contributed by atoms with Crippen LogP contribution in [0.15, 0.2) is 28.7 Å². The molecule has 0 spiro atoms. The van der Waals surface area contributed by atoms with E-state index < -0.39 is 4.92 Å². The summed E-state index contributed by atoms with van der Waals surface area (Å²) in [7, 11) is 0. The van der Waals surface area contributed by atoms with Crippen LogP contribution in [-0.2, 0) is 0 Å². The minimum absolute atomic E-state index is 0.0881. The molecule has 2 rings (SSSR count). The molecule has 0 unspecified atom stereocenters. The maximum atomic E-state index is 10.6. The number of nitro groups is 1. The van der Waals surface area contributed by atoms with Crippen molar-refractivity contribution in [2.75, 3.05) is 0 Å². The van der Waals surface area contributed by atoms with Crippen LogP contribution in [0, 0.1) is 10.1 Å². The molecule has 1 aromatic heterocycles. The van der Waals surface area contributed by atoms with Gasteiger partial charge in [-0.05, 0) is 18.2 Å². The third-order valence-electron chi connectivity index (χ3n) is 1.91. The number of hydrogen-bond donors (Lipinski definition) is 0. The SMILES string of the molecule is O=[N+]([O-])c1cc2cc(Br)ccc2nc1Cl. The summed E-state index contributed by atoms with van der Waals surface area (Å²) in [5, 5.41) is 11.2. The summed E-state index contributed by atoms with van der Waals surface area (Å²) in [6.07, 6.45) is 0. The first-order valence-corrected chi connectivity index (χ1v) is 5.15. The lowest BCUT2D eigenvalue weighted by Gasteiger charge is -1.99. The standard InChI is InChI=1S/C9H4BrClN2O2/c10-6-1-2-7-5(3-6)4-8(13(14)15)9(11)12-7/h1-4H. The Hall–Kier alpha value is -1.20. The first kappa shape index (κ1) is 10.3. The van der Waals surface area contributed by atoms with Gasteiger partial charge in [-0.15, -0.1) is 0 Å². The zero-order chi connectivity index (χ0) is 11.0. The lowest BCUT2D eigenvalue weighted by Crippen LogP contribution is -1.91. The molecule has 6 heteroatoms. The van der Waals surface area contributed by atoms with Gasteiger partial charge in [0.25, 0.3) is 0 Å². The van der Waals surface area contributed by atoms with Gasteiger partial charge in [-0.3, -0.25) is 10.1 Å². The molecular formula is C9H4BrClN2O2. The number of nitrogens with zero attached hydrogens (tertiary/aromatic N) is 2. The smallest absolute Gasteiger partial charge is 0.258 e. The lowest BCUT2D eigenvalue weighted by molar-refractivity contribution is -0.384. The Balaban J connectivity index is 2.77. The lowest BCUT2D eigenvalue weighted by atomic mass is 10.2. The van der Waals surface area contributed by atoms with E-state index >= 15 is 0 Å². The van der Waals surface area contributed by atoms with E-state index in [0.717, 1.165) is 4.47 Å². The molecule has 0 N–H and O–H groups in total. The number of halogens is 2. The van der Waals surface area contributed by atoms with Crippen molar-refractivity contribution in [1.82, 2.24) is 4.98 Å². The molecule has 0 fully saturated rings. The number of aromatic nitrogens is 1. The highest BCUT2D eigenvalue weighted by molar-refractivity contribution is 9.10. The van der Waals surface area contributed by atoms with Crippen LogP contribution in [0.1, 0.15) is 0 Å². The minimum atomic E-state index is -0.546. The fraction of sp³-hybridized carbons (Fsp3) is 0. The van der Waals surface area contributed by atoms with Gasteiger partial charge in [-0.1, -0.05) is 27.5 Å². The zero-order valence-corrected chi connectivity index (χ0v) is 9.62. The van der Waals surface area contributed by atoms with Gasteiger partial charge in [0, 0.05) is 15.9 Å².